The normalized spacial score (nSPS) is 12.8. The third kappa shape index (κ3) is 5.56. The molecular formula is C20H19F5N4O2. The van der Waals surface area contributed by atoms with Crippen molar-refractivity contribution in [2.75, 3.05) is 12.4 Å². The molecular weight excluding hydrogens is 423 g/mol. The third-order valence-corrected chi connectivity index (χ3v) is 4.20. The number of aromatic nitrogens is 2. The van der Waals surface area contributed by atoms with Crippen LogP contribution in [0.4, 0.5) is 27.6 Å². The van der Waals surface area contributed by atoms with Gasteiger partial charge in [-0.2, -0.15) is 13.2 Å². The molecule has 1 aromatic carbocycles. The van der Waals surface area contributed by atoms with Crippen LogP contribution in [0.15, 0.2) is 54.2 Å². The van der Waals surface area contributed by atoms with Gasteiger partial charge in [0, 0.05) is 30.8 Å². The van der Waals surface area contributed by atoms with Crippen molar-refractivity contribution in [2.45, 2.75) is 25.9 Å². The highest BCUT2D eigenvalue weighted by Gasteiger charge is 2.33. The number of carbonyl (C=O) groups is 1. The Labute approximate surface area is 174 Å². The van der Waals surface area contributed by atoms with Crippen LogP contribution >= 0.6 is 0 Å². The highest BCUT2D eigenvalue weighted by molar-refractivity contribution is 6.08. The molecule has 3 N–H and O–H groups in total. The van der Waals surface area contributed by atoms with Gasteiger partial charge >= 0.3 is 6.18 Å². The van der Waals surface area contributed by atoms with E-state index in [1.165, 1.54) is 14.0 Å². The zero-order valence-electron chi connectivity index (χ0n) is 16.7. The Morgan fingerprint density at radius 1 is 1.13 bits per heavy atom. The molecule has 166 valence electrons. The molecule has 0 fully saturated rings. The van der Waals surface area contributed by atoms with Crippen LogP contribution in [0.2, 0.25) is 0 Å². The molecule has 1 heterocycles. The zero-order chi connectivity index (χ0) is 23.6. The minimum atomic E-state index is -4.79. The molecule has 2 aromatic rings. The quantitative estimate of drug-likeness (QED) is 0.260. The SMILES string of the molecule is C=C(NC)/C(C(=O)Nc1ccc(C(C)(F)F)cc1-c1cc(C(F)(F)F)ncn1)=C(\C)O. The second-order valence-electron chi connectivity index (χ2n) is 6.58. The van der Waals surface area contributed by atoms with E-state index in [9.17, 15) is 31.9 Å². The number of aliphatic hydroxyl groups excluding tert-OH is 1. The third-order valence-electron chi connectivity index (χ3n) is 4.20. The largest absolute Gasteiger partial charge is 0.512 e. The molecule has 11 heteroatoms. The summed E-state index contributed by atoms with van der Waals surface area (Å²) in [6, 6.07) is 3.65. The minimum Gasteiger partial charge on any atom is -0.512 e. The number of allylic oxidation sites excluding steroid dienone is 1. The lowest BCUT2D eigenvalue weighted by Gasteiger charge is -2.18. The number of alkyl halides is 5. The average Bonchev–Trinajstić information content (AvgIpc) is 2.66. The van der Waals surface area contributed by atoms with Crippen LogP contribution in [0, 0.1) is 0 Å². The fourth-order valence-electron chi connectivity index (χ4n) is 2.63. The Morgan fingerprint density at radius 3 is 2.29 bits per heavy atom. The monoisotopic (exact) mass is 442 g/mol. The van der Waals surface area contributed by atoms with Gasteiger partial charge in [-0.3, -0.25) is 4.79 Å². The maximum absolute atomic E-state index is 13.8. The Hall–Kier alpha value is -3.50. The number of rotatable bonds is 6. The van der Waals surface area contributed by atoms with Gasteiger partial charge in [0.25, 0.3) is 11.8 Å². The summed E-state index contributed by atoms with van der Waals surface area (Å²) in [5.41, 5.74) is -2.56. The summed E-state index contributed by atoms with van der Waals surface area (Å²) < 4.78 is 66.8. The molecule has 1 aromatic heterocycles. The molecule has 6 nitrogen and oxygen atoms in total. The first kappa shape index (κ1) is 23.8. The van der Waals surface area contributed by atoms with Crippen molar-refractivity contribution in [1.82, 2.24) is 15.3 Å². The number of hydrogen-bond donors (Lipinski definition) is 3. The van der Waals surface area contributed by atoms with E-state index in [2.05, 4.69) is 27.2 Å². The molecule has 0 saturated carbocycles. The van der Waals surface area contributed by atoms with E-state index >= 15 is 0 Å². The van der Waals surface area contributed by atoms with Gasteiger partial charge < -0.3 is 15.7 Å². The predicted octanol–water partition coefficient (Wildman–Crippen LogP) is 4.78. The topological polar surface area (TPSA) is 87.1 Å². The molecule has 0 radical (unpaired) electrons. The van der Waals surface area contributed by atoms with E-state index in [0.29, 0.717) is 19.3 Å². The van der Waals surface area contributed by atoms with Crippen LogP contribution in [0.5, 0.6) is 0 Å². The first-order valence-corrected chi connectivity index (χ1v) is 8.76. The van der Waals surface area contributed by atoms with Crippen LogP contribution < -0.4 is 10.6 Å². The van der Waals surface area contributed by atoms with Crippen molar-refractivity contribution in [3.63, 3.8) is 0 Å². The number of amides is 1. The lowest BCUT2D eigenvalue weighted by Crippen LogP contribution is -2.22. The number of benzene rings is 1. The van der Waals surface area contributed by atoms with Crippen molar-refractivity contribution >= 4 is 11.6 Å². The molecule has 0 aliphatic carbocycles. The highest BCUT2D eigenvalue weighted by atomic mass is 19.4. The van der Waals surface area contributed by atoms with E-state index in [1.807, 2.05) is 0 Å². The van der Waals surface area contributed by atoms with Crippen LogP contribution in [0.3, 0.4) is 0 Å². The van der Waals surface area contributed by atoms with Crippen LogP contribution in [-0.2, 0) is 16.9 Å². The number of nitrogens with one attached hydrogen (secondary N) is 2. The molecule has 0 unspecified atom stereocenters. The summed E-state index contributed by atoms with van der Waals surface area (Å²) in [6.45, 7) is 5.45. The smallest absolute Gasteiger partial charge is 0.433 e. The first-order chi connectivity index (χ1) is 14.3. The average molecular weight is 442 g/mol. The number of nitrogens with zero attached hydrogens (tertiary/aromatic N) is 2. The lowest BCUT2D eigenvalue weighted by atomic mass is 10.0. The summed E-state index contributed by atoms with van der Waals surface area (Å²) in [5, 5.41) is 14.8. The zero-order valence-corrected chi connectivity index (χ0v) is 16.7. The summed E-state index contributed by atoms with van der Waals surface area (Å²) in [5.74, 6) is -4.54. The second-order valence-corrected chi connectivity index (χ2v) is 6.58. The Kier molecular flexibility index (Phi) is 6.67. The van der Waals surface area contributed by atoms with Gasteiger partial charge in [-0.1, -0.05) is 12.6 Å². The molecule has 0 saturated heterocycles. The van der Waals surface area contributed by atoms with Crippen molar-refractivity contribution < 1.29 is 31.9 Å². The van der Waals surface area contributed by atoms with Gasteiger partial charge in [0.05, 0.1) is 17.0 Å². The fourth-order valence-corrected chi connectivity index (χ4v) is 2.63. The highest BCUT2D eigenvalue weighted by Crippen LogP contribution is 2.36. The van der Waals surface area contributed by atoms with Crippen molar-refractivity contribution in [3.8, 4) is 11.3 Å². The van der Waals surface area contributed by atoms with Gasteiger partial charge in [-0.25, -0.2) is 18.7 Å². The van der Waals surface area contributed by atoms with Crippen molar-refractivity contribution in [3.05, 3.63) is 65.5 Å². The minimum absolute atomic E-state index is 0.0668. The predicted molar refractivity (Wildman–Crippen MR) is 104 cm³/mol. The molecule has 0 bridgehead atoms. The molecule has 2 rings (SSSR count). The van der Waals surface area contributed by atoms with Gasteiger partial charge in [0.15, 0.2) is 0 Å². The Morgan fingerprint density at radius 2 is 1.77 bits per heavy atom. The maximum atomic E-state index is 13.8. The van der Waals surface area contributed by atoms with Gasteiger partial charge in [0.2, 0.25) is 0 Å². The number of aliphatic hydroxyl groups is 1. The van der Waals surface area contributed by atoms with E-state index in [1.54, 1.807) is 0 Å². The number of anilines is 1. The molecule has 0 aliphatic rings. The Balaban J connectivity index is 2.63. The number of hydrogen-bond acceptors (Lipinski definition) is 5. The van der Waals surface area contributed by atoms with Crippen LogP contribution in [0.1, 0.15) is 25.1 Å². The standard InChI is InChI=1S/C20H19F5N4O2/c1-10(26-4)17(11(2)30)18(31)29-14-6-5-12(19(3,21)22)7-13(14)15-8-16(20(23,24)25)28-9-27-15/h5-9,26,30H,1H2,2-4H3,(H,29,31)/b17-11-. The van der Waals surface area contributed by atoms with Crippen LogP contribution in [-0.4, -0.2) is 28.0 Å². The molecule has 1 amide bonds. The first-order valence-electron chi connectivity index (χ1n) is 8.76. The maximum Gasteiger partial charge on any atom is 0.433 e. The molecule has 0 aliphatic heterocycles. The van der Waals surface area contributed by atoms with E-state index in [-0.39, 0.29) is 34.0 Å². The Bertz CT molecular complexity index is 1040. The van der Waals surface area contributed by atoms with Crippen molar-refractivity contribution in [1.29, 1.82) is 0 Å². The van der Waals surface area contributed by atoms with Gasteiger partial charge in [-0.15, -0.1) is 0 Å². The number of carbonyl (C=O) groups excluding carboxylic acids is 1. The van der Waals surface area contributed by atoms with E-state index in [4.69, 9.17) is 0 Å². The van der Waals surface area contributed by atoms with Crippen LogP contribution in [0.25, 0.3) is 11.3 Å². The molecule has 0 spiro atoms. The van der Waals surface area contributed by atoms with Gasteiger partial charge in [-0.05, 0) is 25.1 Å². The van der Waals surface area contributed by atoms with Gasteiger partial charge in [0.1, 0.15) is 17.8 Å². The second kappa shape index (κ2) is 8.70. The van der Waals surface area contributed by atoms with E-state index < -0.39 is 29.3 Å². The number of likely N-dealkylation sites (N-methyl/N-ethyl adjacent to an activating group) is 1. The summed E-state index contributed by atoms with van der Waals surface area (Å²) in [7, 11) is 1.46. The molecule has 31 heavy (non-hydrogen) atoms. The summed E-state index contributed by atoms with van der Waals surface area (Å²) in [4.78, 5) is 19.6. The number of halogens is 5. The fraction of sp³-hybridized carbons (Fsp3) is 0.250. The van der Waals surface area contributed by atoms with E-state index in [0.717, 1.165) is 18.2 Å². The summed E-state index contributed by atoms with van der Waals surface area (Å²) in [6.07, 6.45) is -4.14. The molecule has 0 atom stereocenters. The lowest BCUT2D eigenvalue weighted by molar-refractivity contribution is -0.141. The van der Waals surface area contributed by atoms with Crippen molar-refractivity contribution in [2.24, 2.45) is 0 Å². The summed E-state index contributed by atoms with van der Waals surface area (Å²) >= 11 is 0.